The molecule has 1 fully saturated rings. The molecular weight excluding hydrogens is 446 g/mol. The van der Waals surface area contributed by atoms with Crippen molar-refractivity contribution in [1.29, 1.82) is 0 Å². The van der Waals surface area contributed by atoms with Crippen LogP contribution >= 0.6 is 0 Å². The van der Waals surface area contributed by atoms with Crippen LogP contribution in [0.25, 0.3) is 27.8 Å². The van der Waals surface area contributed by atoms with Crippen LogP contribution in [-0.4, -0.2) is 59.1 Å². The largest absolute Gasteiger partial charge is 0.382 e. The van der Waals surface area contributed by atoms with E-state index in [1.807, 2.05) is 13.1 Å². The number of rotatable bonds is 6. The number of pyridine rings is 1. The average molecular weight is 476 g/mol. The average Bonchev–Trinajstić information content (AvgIpc) is 3.34. The van der Waals surface area contributed by atoms with Crippen molar-refractivity contribution >= 4 is 22.7 Å². The van der Waals surface area contributed by atoms with Crippen LogP contribution in [0.2, 0.25) is 0 Å². The first kappa shape index (κ1) is 23.1. The van der Waals surface area contributed by atoms with Crippen molar-refractivity contribution in [2.75, 3.05) is 24.3 Å². The fourth-order valence-electron chi connectivity index (χ4n) is 4.06. The topological polar surface area (TPSA) is 150 Å². The number of nitrogens with two attached hydrogens (primary N) is 1. The minimum absolute atomic E-state index is 0.290. The minimum atomic E-state index is -1.12. The number of hydrogen-bond donors (Lipinski definition) is 3. The number of nitrogens with zero attached hydrogens (tertiary/aromatic N) is 7. The van der Waals surface area contributed by atoms with E-state index in [4.69, 9.17) is 20.4 Å². The fraction of sp³-hybridized carbons (Fsp3) is 0.417. The van der Waals surface area contributed by atoms with Gasteiger partial charge in [-0.2, -0.15) is 5.10 Å². The molecule has 182 valence electrons. The highest BCUT2D eigenvalue weighted by atomic mass is 16.5. The molecule has 0 radical (unpaired) electrons. The van der Waals surface area contributed by atoms with Gasteiger partial charge < -0.3 is 20.9 Å². The second-order valence-corrected chi connectivity index (χ2v) is 9.16. The zero-order valence-corrected chi connectivity index (χ0v) is 20.1. The predicted molar refractivity (Wildman–Crippen MR) is 132 cm³/mol. The summed E-state index contributed by atoms with van der Waals surface area (Å²) in [6.45, 7) is 6.81. The first-order valence-electron chi connectivity index (χ1n) is 11.7. The molecule has 1 saturated heterocycles. The third-order valence-corrected chi connectivity index (χ3v) is 6.04. The van der Waals surface area contributed by atoms with Gasteiger partial charge in [-0.05, 0) is 33.1 Å². The number of anilines is 2. The molecule has 4 N–H and O–H groups in total. The molecule has 0 aliphatic carbocycles. The van der Waals surface area contributed by atoms with Crippen molar-refractivity contribution in [2.24, 2.45) is 0 Å². The Kier molecular flexibility index (Phi) is 6.03. The van der Waals surface area contributed by atoms with Crippen LogP contribution in [-0.2, 0) is 16.8 Å². The molecule has 4 aromatic rings. The zero-order valence-electron chi connectivity index (χ0n) is 20.1. The van der Waals surface area contributed by atoms with E-state index in [1.54, 1.807) is 43.3 Å². The van der Waals surface area contributed by atoms with Crippen LogP contribution in [0.3, 0.4) is 0 Å². The van der Waals surface area contributed by atoms with Gasteiger partial charge in [-0.15, -0.1) is 0 Å². The second-order valence-electron chi connectivity index (χ2n) is 9.16. The number of nitrogen functional groups attached to an aromatic ring is 1. The molecule has 35 heavy (non-hydrogen) atoms. The van der Waals surface area contributed by atoms with Crippen molar-refractivity contribution in [3.05, 3.63) is 42.5 Å². The number of aliphatic hydroxyl groups is 1. The van der Waals surface area contributed by atoms with Gasteiger partial charge in [0.15, 0.2) is 11.6 Å². The standard InChI is InChI=1S/C24H29N9O2/c1-4-18-22(30-15-5-7-35-8-6-15)32-19-17(12-26-21(25)20(19)31-18)14-9-29-33(13-14)16-10-27-23(28-11-16)24(2,3)34/h9-13,15,34H,4-8H2,1-3H3,(H2,25,26)(H,30,32). The van der Waals surface area contributed by atoms with Gasteiger partial charge in [-0.1, -0.05) is 6.92 Å². The van der Waals surface area contributed by atoms with Crippen molar-refractivity contribution in [2.45, 2.75) is 51.7 Å². The summed E-state index contributed by atoms with van der Waals surface area (Å²) in [5, 5.41) is 18.1. The van der Waals surface area contributed by atoms with Crippen molar-refractivity contribution in [3.8, 4) is 16.8 Å². The first-order valence-corrected chi connectivity index (χ1v) is 11.7. The smallest absolute Gasteiger partial charge is 0.159 e. The number of fused-ring (bicyclic) bond motifs is 1. The van der Waals surface area contributed by atoms with Gasteiger partial charge >= 0.3 is 0 Å². The molecule has 1 aliphatic heterocycles. The maximum Gasteiger partial charge on any atom is 0.159 e. The molecule has 0 atom stereocenters. The Labute approximate surface area is 202 Å². The SMILES string of the molecule is CCc1nc2c(N)ncc(-c3cnn(-c4cnc(C(C)(C)O)nc4)c3)c2nc1NC1CCOCC1. The minimum Gasteiger partial charge on any atom is -0.382 e. The Balaban J connectivity index is 1.53. The molecule has 1 aliphatic rings. The summed E-state index contributed by atoms with van der Waals surface area (Å²) in [5.74, 6) is 1.45. The van der Waals surface area contributed by atoms with E-state index in [2.05, 4.69) is 25.4 Å². The second kappa shape index (κ2) is 9.16. The summed E-state index contributed by atoms with van der Waals surface area (Å²) < 4.78 is 7.15. The van der Waals surface area contributed by atoms with Gasteiger partial charge in [-0.25, -0.2) is 29.6 Å². The van der Waals surface area contributed by atoms with E-state index in [9.17, 15) is 5.11 Å². The lowest BCUT2D eigenvalue weighted by atomic mass is 10.1. The van der Waals surface area contributed by atoms with Gasteiger partial charge in [0.05, 0.1) is 24.3 Å². The molecule has 0 aromatic carbocycles. The quantitative estimate of drug-likeness (QED) is 0.380. The van der Waals surface area contributed by atoms with Gasteiger partial charge in [0.25, 0.3) is 0 Å². The Hall–Kier alpha value is -3.70. The van der Waals surface area contributed by atoms with Crippen molar-refractivity contribution in [3.63, 3.8) is 0 Å². The van der Waals surface area contributed by atoms with Crippen LogP contribution in [0.5, 0.6) is 0 Å². The normalized spacial score (nSPS) is 15.0. The van der Waals surface area contributed by atoms with Crippen molar-refractivity contribution in [1.82, 2.24) is 34.7 Å². The molecule has 11 heteroatoms. The van der Waals surface area contributed by atoms with Crippen molar-refractivity contribution < 1.29 is 9.84 Å². The Morgan fingerprint density at radius 3 is 2.51 bits per heavy atom. The third kappa shape index (κ3) is 4.64. The maximum atomic E-state index is 10.1. The molecule has 4 aromatic heterocycles. The van der Waals surface area contributed by atoms with E-state index in [1.165, 1.54) is 0 Å². The summed E-state index contributed by atoms with van der Waals surface area (Å²) in [6, 6.07) is 0.290. The van der Waals surface area contributed by atoms with Crippen LogP contribution in [0, 0.1) is 0 Å². The lowest BCUT2D eigenvalue weighted by Crippen LogP contribution is -2.29. The summed E-state index contributed by atoms with van der Waals surface area (Å²) in [5.41, 5.74) is 9.43. The van der Waals surface area contributed by atoms with E-state index < -0.39 is 5.60 Å². The molecule has 0 spiro atoms. The molecule has 0 bridgehead atoms. The Morgan fingerprint density at radius 1 is 1.09 bits per heavy atom. The summed E-state index contributed by atoms with van der Waals surface area (Å²) >= 11 is 0. The molecule has 0 saturated carbocycles. The molecule has 11 nitrogen and oxygen atoms in total. The Morgan fingerprint density at radius 2 is 1.83 bits per heavy atom. The maximum absolute atomic E-state index is 10.1. The summed E-state index contributed by atoms with van der Waals surface area (Å²) in [4.78, 5) is 22.7. The monoisotopic (exact) mass is 475 g/mol. The fourth-order valence-corrected chi connectivity index (χ4v) is 4.06. The lowest BCUT2D eigenvalue weighted by Gasteiger charge is -2.24. The van der Waals surface area contributed by atoms with Crippen LogP contribution in [0.15, 0.2) is 31.0 Å². The number of aryl methyl sites for hydroxylation is 1. The van der Waals surface area contributed by atoms with Gasteiger partial charge in [0, 0.05) is 42.8 Å². The van der Waals surface area contributed by atoms with Gasteiger partial charge in [-0.3, -0.25) is 0 Å². The van der Waals surface area contributed by atoms with Gasteiger partial charge in [0.1, 0.15) is 28.1 Å². The number of ether oxygens (including phenoxy) is 1. The van der Waals surface area contributed by atoms with Crippen LogP contribution in [0.4, 0.5) is 11.6 Å². The van der Waals surface area contributed by atoms with E-state index in [0.29, 0.717) is 28.4 Å². The zero-order chi connectivity index (χ0) is 24.6. The third-order valence-electron chi connectivity index (χ3n) is 6.04. The highest BCUT2D eigenvalue weighted by Gasteiger charge is 2.21. The highest BCUT2D eigenvalue weighted by molar-refractivity contribution is 5.96. The molecule has 0 unspecified atom stereocenters. The van der Waals surface area contributed by atoms with E-state index in [-0.39, 0.29) is 6.04 Å². The number of hydrogen-bond acceptors (Lipinski definition) is 10. The predicted octanol–water partition coefficient (Wildman–Crippen LogP) is 2.63. The highest BCUT2D eigenvalue weighted by Crippen LogP contribution is 2.31. The Bertz CT molecular complexity index is 1340. The molecule has 0 amide bonds. The first-order chi connectivity index (χ1) is 16.8. The number of nitrogens with one attached hydrogen (secondary N) is 1. The number of aromatic nitrogens is 7. The molecule has 5 heterocycles. The molecular formula is C24H29N9O2. The summed E-state index contributed by atoms with van der Waals surface area (Å²) in [6.07, 6.45) is 11.1. The summed E-state index contributed by atoms with van der Waals surface area (Å²) in [7, 11) is 0. The van der Waals surface area contributed by atoms with Crippen LogP contribution < -0.4 is 11.1 Å². The van der Waals surface area contributed by atoms with Crippen LogP contribution in [0.1, 0.15) is 45.1 Å². The lowest BCUT2D eigenvalue weighted by molar-refractivity contribution is 0.0687. The van der Waals surface area contributed by atoms with E-state index in [0.717, 1.165) is 55.1 Å². The molecule has 5 rings (SSSR count). The van der Waals surface area contributed by atoms with Gasteiger partial charge in [0.2, 0.25) is 0 Å². The van der Waals surface area contributed by atoms with E-state index >= 15 is 0 Å².